The highest BCUT2D eigenvalue weighted by Crippen LogP contribution is 2.12. The average molecular weight is 244 g/mol. The van der Waals surface area contributed by atoms with Crippen molar-refractivity contribution < 1.29 is 0 Å². The second-order valence-electron chi connectivity index (χ2n) is 6.91. The normalized spacial score (nSPS) is 17.5. The summed E-state index contributed by atoms with van der Waals surface area (Å²) in [7, 11) is 0. The lowest BCUT2D eigenvalue weighted by Crippen LogP contribution is -2.51. The second-order valence-corrected chi connectivity index (χ2v) is 6.91. The molecule has 1 fully saturated rings. The molecule has 0 unspecified atom stereocenters. The van der Waals surface area contributed by atoms with Crippen LogP contribution in [0.5, 0.6) is 0 Å². The number of piperazine rings is 1. The number of hydrogen-bond acceptors (Lipinski definition) is 2. The van der Waals surface area contributed by atoms with Crippen LogP contribution >= 0.6 is 0 Å². The van der Waals surface area contributed by atoms with Gasteiger partial charge in [-0.1, -0.05) is 41.5 Å². The van der Waals surface area contributed by atoms with Crippen molar-refractivity contribution in [1.82, 2.24) is 10.2 Å². The lowest BCUT2D eigenvalue weighted by atomic mass is 10.0. The van der Waals surface area contributed by atoms with Gasteiger partial charge in [0.05, 0.1) is 0 Å². The minimum Gasteiger partial charge on any atom is -0.314 e. The van der Waals surface area contributed by atoms with Crippen molar-refractivity contribution >= 4 is 0 Å². The van der Waals surface area contributed by atoms with Crippen molar-refractivity contribution in [1.29, 1.82) is 0 Å². The highest BCUT2D eigenvalue weighted by molar-refractivity contribution is 4.79. The summed E-state index contributed by atoms with van der Waals surface area (Å²) in [5.74, 6) is 0. The van der Waals surface area contributed by atoms with E-state index >= 15 is 0 Å². The van der Waals surface area contributed by atoms with Gasteiger partial charge in [-0.05, 0) is 26.2 Å². The first-order valence-corrected chi connectivity index (χ1v) is 7.06. The average Bonchev–Trinajstić information content (AvgIpc) is 2.18. The van der Waals surface area contributed by atoms with Crippen LogP contribution in [0.15, 0.2) is 0 Å². The fourth-order valence-electron chi connectivity index (χ4n) is 1.34. The zero-order chi connectivity index (χ0) is 14.1. The largest absolute Gasteiger partial charge is 0.314 e. The van der Waals surface area contributed by atoms with E-state index in [-0.39, 0.29) is 0 Å². The molecule has 0 saturated carbocycles. The zero-order valence-corrected chi connectivity index (χ0v) is 13.8. The van der Waals surface area contributed by atoms with Crippen LogP contribution in [-0.2, 0) is 0 Å². The van der Waals surface area contributed by atoms with Gasteiger partial charge in [0, 0.05) is 31.7 Å². The van der Waals surface area contributed by atoms with Crippen molar-refractivity contribution in [2.75, 3.05) is 26.2 Å². The van der Waals surface area contributed by atoms with E-state index in [4.69, 9.17) is 0 Å². The Morgan fingerprint density at radius 2 is 1.06 bits per heavy atom. The van der Waals surface area contributed by atoms with E-state index in [0.29, 0.717) is 11.0 Å². The molecule has 1 N–H and O–H groups in total. The summed E-state index contributed by atoms with van der Waals surface area (Å²) in [6, 6.07) is 0. The number of nitrogens with one attached hydrogen (secondary N) is 1. The molecule has 0 bridgehead atoms. The van der Waals surface area contributed by atoms with Crippen LogP contribution in [0.25, 0.3) is 0 Å². The summed E-state index contributed by atoms with van der Waals surface area (Å²) in [6.45, 7) is 24.3. The molecule has 2 heteroatoms. The third kappa shape index (κ3) is 15.9. The van der Waals surface area contributed by atoms with Crippen LogP contribution in [-0.4, -0.2) is 36.6 Å². The Balaban J connectivity index is 0. The van der Waals surface area contributed by atoms with Gasteiger partial charge in [-0.2, -0.15) is 0 Å². The maximum Gasteiger partial charge on any atom is 0.0126 e. The van der Waals surface area contributed by atoms with Crippen molar-refractivity contribution in [2.24, 2.45) is 5.41 Å². The predicted molar refractivity (Wildman–Crippen MR) is 80.7 cm³/mol. The standard InChI is InChI=1S/C8H18N2.C5H12.C2H6/c1-8(2,3)10-6-4-9-5-7-10;1-5(2,3)4;1-2/h9H,4-7H2,1-3H3;1-4H3;1-2H3. The first kappa shape index (κ1) is 19.3. The highest BCUT2D eigenvalue weighted by Gasteiger charge is 2.21. The van der Waals surface area contributed by atoms with Crippen molar-refractivity contribution in [3.8, 4) is 0 Å². The van der Waals surface area contributed by atoms with Gasteiger partial charge < -0.3 is 5.32 Å². The molecule has 0 aromatic carbocycles. The molecule has 0 aliphatic carbocycles. The van der Waals surface area contributed by atoms with Gasteiger partial charge in [0.25, 0.3) is 0 Å². The van der Waals surface area contributed by atoms with Gasteiger partial charge >= 0.3 is 0 Å². The van der Waals surface area contributed by atoms with Gasteiger partial charge in [0.2, 0.25) is 0 Å². The van der Waals surface area contributed by atoms with Gasteiger partial charge in [-0.3, -0.25) is 4.90 Å². The molecular formula is C15H36N2. The monoisotopic (exact) mass is 244 g/mol. The first-order valence-electron chi connectivity index (χ1n) is 7.06. The van der Waals surface area contributed by atoms with Crippen LogP contribution in [0.1, 0.15) is 62.3 Å². The molecular weight excluding hydrogens is 208 g/mol. The summed E-state index contributed by atoms with van der Waals surface area (Å²) in [4.78, 5) is 2.52. The molecule has 1 aliphatic rings. The molecule has 1 saturated heterocycles. The van der Waals surface area contributed by atoms with Crippen molar-refractivity contribution in [2.45, 2.75) is 67.9 Å². The van der Waals surface area contributed by atoms with Gasteiger partial charge in [-0.25, -0.2) is 0 Å². The third-order valence-corrected chi connectivity index (χ3v) is 2.07. The Labute approximate surface area is 110 Å². The molecule has 0 aromatic heterocycles. The van der Waals surface area contributed by atoms with E-state index in [9.17, 15) is 0 Å². The molecule has 0 aromatic rings. The van der Waals surface area contributed by atoms with Gasteiger partial charge in [0.1, 0.15) is 0 Å². The smallest absolute Gasteiger partial charge is 0.0126 e. The highest BCUT2D eigenvalue weighted by atomic mass is 15.2. The Morgan fingerprint density at radius 1 is 0.765 bits per heavy atom. The summed E-state index contributed by atoms with van der Waals surface area (Å²) in [6.07, 6.45) is 0. The van der Waals surface area contributed by atoms with E-state index in [1.807, 2.05) is 13.8 Å². The van der Waals surface area contributed by atoms with E-state index in [0.717, 1.165) is 13.1 Å². The quantitative estimate of drug-likeness (QED) is 0.698. The molecule has 17 heavy (non-hydrogen) atoms. The van der Waals surface area contributed by atoms with Gasteiger partial charge in [0.15, 0.2) is 0 Å². The molecule has 0 atom stereocenters. The van der Waals surface area contributed by atoms with Crippen molar-refractivity contribution in [3.63, 3.8) is 0 Å². The molecule has 0 spiro atoms. The topological polar surface area (TPSA) is 15.3 Å². The minimum atomic E-state index is 0.363. The Morgan fingerprint density at radius 3 is 1.24 bits per heavy atom. The van der Waals surface area contributed by atoms with Crippen molar-refractivity contribution in [3.05, 3.63) is 0 Å². The lowest BCUT2D eigenvalue weighted by Gasteiger charge is -2.38. The molecule has 1 heterocycles. The predicted octanol–water partition coefficient (Wildman–Crippen LogP) is 3.77. The summed E-state index contributed by atoms with van der Waals surface area (Å²) >= 11 is 0. The fourth-order valence-corrected chi connectivity index (χ4v) is 1.34. The molecule has 1 aliphatic heterocycles. The van der Waals surface area contributed by atoms with E-state index < -0.39 is 0 Å². The molecule has 0 amide bonds. The molecule has 2 nitrogen and oxygen atoms in total. The maximum absolute atomic E-state index is 3.35. The molecule has 106 valence electrons. The zero-order valence-electron chi connectivity index (χ0n) is 13.8. The SMILES string of the molecule is CC.CC(C)(C)C.CC(C)(C)N1CCNCC1. The third-order valence-electron chi connectivity index (χ3n) is 2.07. The van der Waals surface area contributed by atoms with E-state index in [1.165, 1.54) is 13.1 Å². The summed E-state index contributed by atoms with van der Waals surface area (Å²) < 4.78 is 0. The Hall–Kier alpha value is -0.0800. The summed E-state index contributed by atoms with van der Waals surface area (Å²) in [5, 5.41) is 3.35. The van der Waals surface area contributed by atoms with Crippen LogP contribution in [0.4, 0.5) is 0 Å². The Bertz CT molecular complexity index is 151. The molecule has 1 rings (SSSR count). The summed E-state index contributed by atoms with van der Waals surface area (Å²) in [5.41, 5.74) is 0.863. The molecule has 0 radical (unpaired) electrons. The number of rotatable bonds is 0. The Kier molecular flexibility index (Phi) is 10.1. The number of hydrogen-bond donors (Lipinski definition) is 1. The van der Waals surface area contributed by atoms with E-state index in [1.54, 1.807) is 0 Å². The van der Waals surface area contributed by atoms with Gasteiger partial charge in [-0.15, -0.1) is 0 Å². The lowest BCUT2D eigenvalue weighted by molar-refractivity contribution is 0.119. The second kappa shape index (κ2) is 8.93. The minimum absolute atomic E-state index is 0.363. The van der Waals surface area contributed by atoms with Crippen LogP contribution in [0, 0.1) is 5.41 Å². The van der Waals surface area contributed by atoms with Crippen LogP contribution in [0.2, 0.25) is 0 Å². The van der Waals surface area contributed by atoms with Crippen LogP contribution < -0.4 is 5.32 Å². The fraction of sp³-hybridized carbons (Fsp3) is 1.00. The number of nitrogens with zero attached hydrogens (tertiary/aromatic N) is 1. The van der Waals surface area contributed by atoms with Crippen LogP contribution in [0.3, 0.4) is 0 Å². The first-order chi connectivity index (χ1) is 7.61. The maximum atomic E-state index is 3.35. The van der Waals surface area contributed by atoms with E-state index in [2.05, 4.69) is 58.7 Å².